The third-order valence-corrected chi connectivity index (χ3v) is 2.93. The van der Waals surface area contributed by atoms with Crippen LogP contribution in [0.15, 0.2) is 24.3 Å². The molecule has 0 bridgehead atoms. The van der Waals surface area contributed by atoms with E-state index in [9.17, 15) is 0 Å². The Morgan fingerprint density at radius 2 is 1.69 bits per heavy atom. The van der Waals surface area contributed by atoms with Crippen LogP contribution >= 0.6 is 22.6 Å². The summed E-state index contributed by atoms with van der Waals surface area (Å²) in [6.45, 7) is 3.33. The first-order valence-corrected chi connectivity index (χ1v) is 5.32. The Hall–Kier alpha value is -0.130. The summed E-state index contributed by atoms with van der Waals surface area (Å²) < 4.78 is 12.3. The van der Waals surface area contributed by atoms with Gasteiger partial charge in [-0.25, -0.2) is 0 Å². The van der Waals surface area contributed by atoms with Gasteiger partial charge in [0.2, 0.25) is 0 Å². The fourth-order valence-electron chi connectivity index (χ4n) is 1.43. The molecule has 2 rings (SSSR count). The standard InChI is InChI=1S/C10H11IO2/c1-10(12-6-7-13-10)8-2-4-9(11)5-3-8/h2-5H,6-7H2,1H3. The topological polar surface area (TPSA) is 18.5 Å². The molecule has 0 aliphatic carbocycles. The van der Waals surface area contributed by atoms with Crippen molar-refractivity contribution in [2.75, 3.05) is 13.2 Å². The molecule has 0 radical (unpaired) electrons. The van der Waals surface area contributed by atoms with Gasteiger partial charge in [0.1, 0.15) is 0 Å². The van der Waals surface area contributed by atoms with E-state index in [0.717, 1.165) is 5.56 Å². The van der Waals surface area contributed by atoms with E-state index in [2.05, 4.69) is 34.7 Å². The van der Waals surface area contributed by atoms with Crippen LogP contribution in [0.4, 0.5) is 0 Å². The zero-order valence-electron chi connectivity index (χ0n) is 7.42. The van der Waals surface area contributed by atoms with Crippen molar-refractivity contribution < 1.29 is 9.47 Å². The highest BCUT2D eigenvalue weighted by Crippen LogP contribution is 2.30. The van der Waals surface area contributed by atoms with Gasteiger partial charge in [0.05, 0.1) is 13.2 Å². The van der Waals surface area contributed by atoms with Crippen LogP contribution in [0.1, 0.15) is 12.5 Å². The molecule has 2 nitrogen and oxygen atoms in total. The summed E-state index contributed by atoms with van der Waals surface area (Å²) >= 11 is 2.28. The average Bonchev–Trinajstić information content (AvgIpc) is 2.54. The number of hydrogen-bond donors (Lipinski definition) is 0. The van der Waals surface area contributed by atoms with E-state index in [1.165, 1.54) is 3.57 Å². The second-order valence-electron chi connectivity index (χ2n) is 3.15. The quantitative estimate of drug-likeness (QED) is 0.740. The first-order chi connectivity index (χ1) is 6.21. The fraction of sp³-hybridized carbons (Fsp3) is 0.400. The summed E-state index contributed by atoms with van der Waals surface area (Å²) in [6, 6.07) is 8.22. The van der Waals surface area contributed by atoms with Crippen LogP contribution in [0, 0.1) is 3.57 Å². The Morgan fingerprint density at radius 1 is 1.15 bits per heavy atom. The second kappa shape index (κ2) is 3.55. The van der Waals surface area contributed by atoms with Gasteiger partial charge >= 0.3 is 0 Å². The molecule has 0 amide bonds. The van der Waals surface area contributed by atoms with Crippen molar-refractivity contribution in [2.24, 2.45) is 0 Å². The van der Waals surface area contributed by atoms with Gasteiger partial charge in [-0.1, -0.05) is 12.1 Å². The summed E-state index contributed by atoms with van der Waals surface area (Å²) in [7, 11) is 0. The van der Waals surface area contributed by atoms with E-state index < -0.39 is 5.79 Å². The lowest BCUT2D eigenvalue weighted by Crippen LogP contribution is -2.22. The summed E-state index contributed by atoms with van der Waals surface area (Å²) in [5.74, 6) is -0.523. The Balaban J connectivity index is 2.29. The third-order valence-electron chi connectivity index (χ3n) is 2.21. The summed E-state index contributed by atoms with van der Waals surface area (Å²) in [5, 5.41) is 0. The Kier molecular flexibility index (Phi) is 2.58. The highest BCUT2D eigenvalue weighted by molar-refractivity contribution is 14.1. The SMILES string of the molecule is CC1(c2ccc(I)cc2)OCCO1. The summed E-state index contributed by atoms with van der Waals surface area (Å²) in [4.78, 5) is 0. The van der Waals surface area contributed by atoms with E-state index in [-0.39, 0.29) is 0 Å². The fourth-order valence-corrected chi connectivity index (χ4v) is 1.79. The molecule has 0 N–H and O–H groups in total. The van der Waals surface area contributed by atoms with Crippen LogP contribution in [0.2, 0.25) is 0 Å². The van der Waals surface area contributed by atoms with Gasteiger partial charge in [0.25, 0.3) is 0 Å². The lowest BCUT2D eigenvalue weighted by atomic mass is 10.1. The number of ether oxygens (including phenoxy) is 2. The van der Waals surface area contributed by atoms with Crippen molar-refractivity contribution >= 4 is 22.6 Å². The van der Waals surface area contributed by atoms with Gasteiger partial charge < -0.3 is 9.47 Å². The van der Waals surface area contributed by atoms with Crippen LogP contribution in [-0.4, -0.2) is 13.2 Å². The Bertz CT molecular complexity index is 288. The smallest absolute Gasteiger partial charge is 0.192 e. The molecular weight excluding hydrogens is 279 g/mol. The van der Waals surface area contributed by atoms with Crippen LogP contribution in [0.5, 0.6) is 0 Å². The highest BCUT2D eigenvalue weighted by atomic mass is 127. The van der Waals surface area contributed by atoms with Crippen molar-refractivity contribution in [3.8, 4) is 0 Å². The second-order valence-corrected chi connectivity index (χ2v) is 4.40. The van der Waals surface area contributed by atoms with E-state index >= 15 is 0 Å². The van der Waals surface area contributed by atoms with Gasteiger partial charge in [0.15, 0.2) is 5.79 Å². The van der Waals surface area contributed by atoms with E-state index in [0.29, 0.717) is 13.2 Å². The van der Waals surface area contributed by atoms with Crippen molar-refractivity contribution in [3.63, 3.8) is 0 Å². The lowest BCUT2D eigenvalue weighted by molar-refractivity contribution is -0.149. The van der Waals surface area contributed by atoms with E-state index in [1.807, 2.05) is 19.1 Å². The molecule has 13 heavy (non-hydrogen) atoms. The average molecular weight is 290 g/mol. The van der Waals surface area contributed by atoms with Gasteiger partial charge in [-0.05, 0) is 41.6 Å². The van der Waals surface area contributed by atoms with Crippen molar-refractivity contribution in [2.45, 2.75) is 12.7 Å². The first-order valence-electron chi connectivity index (χ1n) is 4.25. The minimum Gasteiger partial charge on any atom is -0.344 e. The molecule has 0 unspecified atom stereocenters. The number of halogens is 1. The van der Waals surface area contributed by atoms with Gasteiger partial charge in [0, 0.05) is 9.13 Å². The molecule has 3 heteroatoms. The van der Waals surface area contributed by atoms with Crippen LogP contribution < -0.4 is 0 Å². The Labute approximate surface area is 91.4 Å². The predicted molar refractivity (Wildman–Crippen MR) is 58.4 cm³/mol. The molecular formula is C10H11IO2. The molecule has 1 aromatic carbocycles. The maximum absolute atomic E-state index is 5.54. The molecule has 1 heterocycles. The molecule has 0 atom stereocenters. The van der Waals surface area contributed by atoms with Crippen molar-refractivity contribution in [1.29, 1.82) is 0 Å². The molecule has 1 aliphatic heterocycles. The van der Waals surface area contributed by atoms with Crippen LogP contribution in [0.25, 0.3) is 0 Å². The van der Waals surface area contributed by atoms with Gasteiger partial charge in [-0.15, -0.1) is 0 Å². The van der Waals surface area contributed by atoms with Gasteiger partial charge in [-0.3, -0.25) is 0 Å². The number of rotatable bonds is 1. The zero-order valence-corrected chi connectivity index (χ0v) is 9.58. The monoisotopic (exact) mass is 290 g/mol. The minimum absolute atomic E-state index is 0.523. The summed E-state index contributed by atoms with van der Waals surface area (Å²) in [6.07, 6.45) is 0. The largest absolute Gasteiger partial charge is 0.344 e. The minimum atomic E-state index is -0.523. The predicted octanol–water partition coefficient (Wildman–Crippen LogP) is 2.51. The number of benzene rings is 1. The maximum atomic E-state index is 5.54. The molecule has 0 aromatic heterocycles. The van der Waals surface area contributed by atoms with Gasteiger partial charge in [-0.2, -0.15) is 0 Å². The molecule has 0 saturated carbocycles. The normalized spacial score (nSPS) is 20.5. The molecule has 1 aromatic rings. The van der Waals surface area contributed by atoms with Crippen molar-refractivity contribution in [1.82, 2.24) is 0 Å². The zero-order chi connectivity index (χ0) is 9.31. The molecule has 1 aliphatic rings. The molecule has 0 spiro atoms. The third kappa shape index (κ3) is 1.87. The number of hydrogen-bond acceptors (Lipinski definition) is 2. The molecule has 1 saturated heterocycles. The van der Waals surface area contributed by atoms with Crippen LogP contribution in [-0.2, 0) is 15.3 Å². The van der Waals surface area contributed by atoms with E-state index in [4.69, 9.17) is 9.47 Å². The molecule has 1 fully saturated rings. The van der Waals surface area contributed by atoms with Crippen LogP contribution in [0.3, 0.4) is 0 Å². The van der Waals surface area contributed by atoms with Crippen molar-refractivity contribution in [3.05, 3.63) is 33.4 Å². The first kappa shape index (κ1) is 9.43. The Morgan fingerprint density at radius 3 is 2.23 bits per heavy atom. The lowest BCUT2D eigenvalue weighted by Gasteiger charge is -2.22. The van der Waals surface area contributed by atoms with E-state index in [1.54, 1.807) is 0 Å². The molecule has 70 valence electrons. The highest BCUT2D eigenvalue weighted by Gasteiger charge is 2.32. The summed E-state index contributed by atoms with van der Waals surface area (Å²) in [5.41, 5.74) is 1.09. The maximum Gasteiger partial charge on any atom is 0.192 e.